The normalized spacial score (nSPS) is 17.5. The molecule has 7 nitrogen and oxygen atoms in total. The molecule has 1 heterocycles. The summed E-state index contributed by atoms with van der Waals surface area (Å²) in [7, 11) is 0. The van der Waals surface area contributed by atoms with E-state index in [2.05, 4.69) is 5.32 Å². The van der Waals surface area contributed by atoms with Crippen molar-refractivity contribution >= 4 is 17.9 Å². The highest BCUT2D eigenvalue weighted by molar-refractivity contribution is 5.97. The summed E-state index contributed by atoms with van der Waals surface area (Å²) in [5, 5.41) is 11.6. The van der Waals surface area contributed by atoms with E-state index >= 15 is 0 Å². The molecule has 0 radical (unpaired) electrons. The molecule has 3 amide bonds. The van der Waals surface area contributed by atoms with Crippen molar-refractivity contribution in [1.82, 2.24) is 10.2 Å². The van der Waals surface area contributed by atoms with Crippen molar-refractivity contribution in [2.45, 2.75) is 25.4 Å². The van der Waals surface area contributed by atoms with Crippen LogP contribution in [-0.4, -0.2) is 40.5 Å². The first-order valence-corrected chi connectivity index (χ1v) is 6.65. The smallest absolute Gasteiger partial charge is 0.326 e. The number of benzene rings is 1. The van der Waals surface area contributed by atoms with E-state index in [0.717, 1.165) is 5.56 Å². The third kappa shape index (κ3) is 3.50. The molecule has 0 bridgehead atoms. The maximum Gasteiger partial charge on any atom is 0.326 e. The number of aliphatic carboxylic acids is 1. The van der Waals surface area contributed by atoms with Crippen LogP contribution < -0.4 is 11.1 Å². The van der Waals surface area contributed by atoms with Gasteiger partial charge < -0.3 is 21.1 Å². The SMILES string of the molecule is NC(=O)NCc1ccc(C(=O)N2CCC[C@@H]2C(=O)O)cc1. The molecule has 0 spiro atoms. The van der Waals surface area contributed by atoms with Gasteiger partial charge >= 0.3 is 12.0 Å². The first-order valence-electron chi connectivity index (χ1n) is 6.65. The number of rotatable bonds is 4. The van der Waals surface area contributed by atoms with Gasteiger partial charge in [0.15, 0.2) is 0 Å². The lowest BCUT2D eigenvalue weighted by atomic mass is 10.1. The van der Waals surface area contributed by atoms with Gasteiger partial charge in [-0.25, -0.2) is 9.59 Å². The summed E-state index contributed by atoms with van der Waals surface area (Å²) >= 11 is 0. The van der Waals surface area contributed by atoms with Gasteiger partial charge in [0.25, 0.3) is 5.91 Å². The van der Waals surface area contributed by atoms with Crippen LogP contribution in [0.5, 0.6) is 0 Å². The lowest BCUT2D eigenvalue weighted by molar-refractivity contribution is -0.141. The van der Waals surface area contributed by atoms with Crippen molar-refractivity contribution in [3.8, 4) is 0 Å². The highest BCUT2D eigenvalue weighted by Gasteiger charge is 2.34. The zero-order chi connectivity index (χ0) is 15.4. The second-order valence-corrected chi connectivity index (χ2v) is 4.91. The van der Waals surface area contributed by atoms with E-state index < -0.39 is 18.0 Å². The van der Waals surface area contributed by atoms with Crippen molar-refractivity contribution < 1.29 is 19.5 Å². The van der Waals surface area contributed by atoms with Crippen LogP contribution >= 0.6 is 0 Å². The highest BCUT2D eigenvalue weighted by Crippen LogP contribution is 2.20. The lowest BCUT2D eigenvalue weighted by Gasteiger charge is -2.21. The van der Waals surface area contributed by atoms with Crippen molar-refractivity contribution in [2.24, 2.45) is 5.73 Å². The molecule has 0 unspecified atom stereocenters. The summed E-state index contributed by atoms with van der Waals surface area (Å²) in [5.74, 6) is -1.25. The van der Waals surface area contributed by atoms with Crippen LogP contribution in [-0.2, 0) is 11.3 Å². The molecule has 1 saturated heterocycles. The van der Waals surface area contributed by atoms with Gasteiger partial charge in [0, 0.05) is 18.7 Å². The van der Waals surface area contributed by atoms with E-state index in [9.17, 15) is 14.4 Å². The Labute approximate surface area is 121 Å². The Morgan fingerprint density at radius 1 is 1.29 bits per heavy atom. The molecule has 0 aromatic heterocycles. The van der Waals surface area contributed by atoms with E-state index in [1.165, 1.54) is 4.90 Å². The number of carboxylic acids is 1. The molecule has 1 aliphatic rings. The minimum Gasteiger partial charge on any atom is -0.480 e. The summed E-state index contributed by atoms with van der Waals surface area (Å²) in [5.41, 5.74) is 6.22. The molecule has 0 aliphatic carbocycles. The molecule has 1 fully saturated rings. The molecule has 1 aromatic carbocycles. The molecule has 4 N–H and O–H groups in total. The van der Waals surface area contributed by atoms with Gasteiger partial charge in [-0.2, -0.15) is 0 Å². The number of carbonyl (C=O) groups is 3. The number of nitrogens with two attached hydrogens (primary N) is 1. The van der Waals surface area contributed by atoms with Crippen LogP contribution in [0.3, 0.4) is 0 Å². The summed E-state index contributed by atoms with van der Waals surface area (Å²) in [6.45, 7) is 0.742. The topological polar surface area (TPSA) is 113 Å². The number of nitrogens with zero attached hydrogens (tertiary/aromatic N) is 1. The number of hydrogen-bond acceptors (Lipinski definition) is 3. The minimum atomic E-state index is -0.969. The molecular weight excluding hydrogens is 274 g/mol. The van der Waals surface area contributed by atoms with Crippen LogP contribution in [0.1, 0.15) is 28.8 Å². The van der Waals surface area contributed by atoms with Gasteiger partial charge in [-0.3, -0.25) is 4.79 Å². The summed E-state index contributed by atoms with van der Waals surface area (Å²) in [4.78, 5) is 35.4. The highest BCUT2D eigenvalue weighted by atomic mass is 16.4. The Balaban J connectivity index is 2.06. The zero-order valence-corrected chi connectivity index (χ0v) is 11.4. The largest absolute Gasteiger partial charge is 0.480 e. The summed E-state index contributed by atoms with van der Waals surface area (Å²) < 4.78 is 0. The van der Waals surface area contributed by atoms with Crippen molar-refractivity contribution in [1.29, 1.82) is 0 Å². The number of primary amides is 1. The first kappa shape index (κ1) is 14.8. The third-order valence-corrected chi connectivity index (χ3v) is 3.47. The Bertz CT molecular complexity index is 556. The van der Waals surface area contributed by atoms with E-state index in [4.69, 9.17) is 10.8 Å². The standard InChI is InChI=1S/C14H17N3O4/c15-14(21)16-8-9-3-5-10(6-4-9)12(18)17-7-1-2-11(17)13(19)20/h3-6,11H,1-2,7-8H2,(H,19,20)(H3,15,16,21)/t11-/m1/s1. The van der Waals surface area contributed by atoms with Gasteiger partial charge in [0.2, 0.25) is 0 Å². The van der Waals surface area contributed by atoms with Gasteiger partial charge in [-0.05, 0) is 30.5 Å². The fourth-order valence-electron chi connectivity index (χ4n) is 2.39. The predicted octanol–water partition coefficient (Wildman–Crippen LogP) is 0.544. The molecule has 0 saturated carbocycles. The molecule has 7 heteroatoms. The molecule has 112 valence electrons. The van der Waals surface area contributed by atoms with E-state index in [0.29, 0.717) is 24.9 Å². The second-order valence-electron chi connectivity index (χ2n) is 4.91. The number of carbonyl (C=O) groups excluding carboxylic acids is 2. The van der Waals surface area contributed by atoms with E-state index in [1.807, 2.05) is 0 Å². The van der Waals surface area contributed by atoms with Crippen molar-refractivity contribution in [2.75, 3.05) is 6.54 Å². The molecule has 21 heavy (non-hydrogen) atoms. The lowest BCUT2D eigenvalue weighted by Crippen LogP contribution is -2.40. The second kappa shape index (κ2) is 6.25. The Hall–Kier alpha value is -2.57. The Kier molecular flexibility index (Phi) is 4.42. The number of likely N-dealkylation sites (tertiary alicyclic amines) is 1. The third-order valence-electron chi connectivity index (χ3n) is 3.47. The minimum absolute atomic E-state index is 0.283. The summed E-state index contributed by atoms with van der Waals surface area (Å²) in [6, 6.07) is 5.30. The molecule has 2 rings (SSSR count). The zero-order valence-electron chi connectivity index (χ0n) is 11.4. The quantitative estimate of drug-likeness (QED) is 0.751. The average molecular weight is 291 g/mol. The van der Waals surface area contributed by atoms with Gasteiger partial charge in [0.05, 0.1) is 0 Å². The first-order chi connectivity index (χ1) is 9.99. The maximum atomic E-state index is 12.3. The van der Waals surface area contributed by atoms with Crippen molar-refractivity contribution in [3.05, 3.63) is 35.4 Å². The fraction of sp³-hybridized carbons (Fsp3) is 0.357. The van der Waals surface area contributed by atoms with Crippen LogP contribution in [0.25, 0.3) is 0 Å². The van der Waals surface area contributed by atoms with Gasteiger partial charge in [-0.1, -0.05) is 12.1 Å². The fourth-order valence-corrected chi connectivity index (χ4v) is 2.39. The molecular formula is C14H17N3O4. The molecule has 1 atom stereocenters. The number of hydrogen-bond donors (Lipinski definition) is 3. The van der Waals surface area contributed by atoms with E-state index in [1.54, 1.807) is 24.3 Å². The molecule has 1 aromatic rings. The predicted molar refractivity (Wildman–Crippen MR) is 74.6 cm³/mol. The maximum absolute atomic E-state index is 12.3. The van der Waals surface area contributed by atoms with Crippen LogP contribution in [0.15, 0.2) is 24.3 Å². The monoisotopic (exact) mass is 291 g/mol. The Morgan fingerprint density at radius 3 is 2.52 bits per heavy atom. The van der Waals surface area contributed by atoms with Gasteiger partial charge in [0.1, 0.15) is 6.04 Å². The number of nitrogens with one attached hydrogen (secondary N) is 1. The number of urea groups is 1. The molecule has 1 aliphatic heterocycles. The number of amides is 3. The Morgan fingerprint density at radius 2 is 1.95 bits per heavy atom. The average Bonchev–Trinajstić information content (AvgIpc) is 2.94. The summed E-state index contributed by atoms with van der Waals surface area (Å²) in [6.07, 6.45) is 1.19. The van der Waals surface area contributed by atoms with E-state index in [-0.39, 0.29) is 12.5 Å². The van der Waals surface area contributed by atoms with Crippen LogP contribution in [0.4, 0.5) is 4.79 Å². The van der Waals surface area contributed by atoms with Gasteiger partial charge in [-0.15, -0.1) is 0 Å². The van der Waals surface area contributed by atoms with Crippen LogP contribution in [0.2, 0.25) is 0 Å². The van der Waals surface area contributed by atoms with Crippen molar-refractivity contribution in [3.63, 3.8) is 0 Å². The number of carboxylic acid groups (broad SMARTS) is 1. The van der Waals surface area contributed by atoms with Crippen LogP contribution in [0, 0.1) is 0 Å².